The predicted octanol–water partition coefficient (Wildman–Crippen LogP) is 1.86. The Morgan fingerprint density at radius 1 is 1.00 bits per heavy atom. The number of nitrogens with one attached hydrogen (secondary N) is 1. The van der Waals surface area contributed by atoms with Gasteiger partial charge in [-0.1, -0.05) is 0 Å². The van der Waals surface area contributed by atoms with Gasteiger partial charge in [-0.2, -0.15) is 0 Å². The Hall–Kier alpha value is -1.26. The van der Waals surface area contributed by atoms with E-state index in [9.17, 15) is 9.59 Å². The topological polar surface area (TPSA) is 75.4 Å². The Balaban J connectivity index is 1.47. The summed E-state index contributed by atoms with van der Waals surface area (Å²) in [5.41, 5.74) is 5.02. The van der Waals surface area contributed by atoms with Crippen LogP contribution in [0.2, 0.25) is 0 Å². The zero-order chi connectivity index (χ0) is 14.8. The number of hydrogen-bond donors (Lipinski definition) is 2. The van der Waals surface area contributed by atoms with Crippen LogP contribution in [-0.2, 0) is 4.79 Å². The van der Waals surface area contributed by atoms with Crippen LogP contribution in [0.3, 0.4) is 0 Å². The van der Waals surface area contributed by atoms with Crippen molar-refractivity contribution in [1.29, 1.82) is 0 Å². The standard InChI is InChI=1S/C16H27N3O2/c17-16(21)18-4-2-1-3-15(20)19-10-13-6-11-5-12(7-13)9-14(19)8-11/h11-14H,1-10H2,(H3,17,18,21). The summed E-state index contributed by atoms with van der Waals surface area (Å²) < 4.78 is 0. The van der Waals surface area contributed by atoms with Crippen molar-refractivity contribution < 1.29 is 9.59 Å². The lowest BCUT2D eigenvalue weighted by Gasteiger charge is -2.39. The summed E-state index contributed by atoms with van der Waals surface area (Å²) in [5.74, 6) is 2.84. The van der Waals surface area contributed by atoms with Gasteiger partial charge in [0.2, 0.25) is 5.91 Å². The van der Waals surface area contributed by atoms with Crippen LogP contribution < -0.4 is 11.1 Å². The molecule has 4 fully saturated rings. The van der Waals surface area contributed by atoms with Crippen LogP contribution in [-0.4, -0.2) is 36.0 Å². The average Bonchev–Trinajstić information content (AvgIpc) is 2.62. The lowest BCUT2D eigenvalue weighted by molar-refractivity contribution is -0.134. The average molecular weight is 293 g/mol. The second kappa shape index (κ2) is 6.24. The molecule has 3 N–H and O–H groups in total. The van der Waals surface area contributed by atoms with Gasteiger partial charge in [-0.3, -0.25) is 4.79 Å². The second-order valence-electron chi connectivity index (χ2n) is 7.22. The van der Waals surface area contributed by atoms with Gasteiger partial charge in [0, 0.05) is 25.6 Å². The maximum Gasteiger partial charge on any atom is 0.312 e. The molecule has 0 aromatic rings. The van der Waals surface area contributed by atoms with Crippen molar-refractivity contribution in [3.63, 3.8) is 0 Å². The molecule has 0 radical (unpaired) electrons. The largest absolute Gasteiger partial charge is 0.352 e. The molecule has 2 aliphatic heterocycles. The van der Waals surface area contributed by atoms with Crippen molar-refractivity contribution >= 4 is 11.9 Å². The molecule has 2 saturated carbocycles. The van der Waals surface area contributed by atoms with Gasteiger partial charge in [-0.25, -0.2) is 4.79 Å². The van der Waals surface area contributed by atoms with Crippen molar-refractivity contribution in [2.45, 2.75) is 57.4 Å². The first kappa shape index (κ1) is 14.7. The zero-order valence-electron chi connectivity index (χ0n) is 12.7. The maximum atomic E-state index is 12.5. The number of carbonyl (C=O) groups excluding carboxylic acids is 2. The highest BCUT2D eigenvalue weighted by atomic mass is 16.2. The molecular weight excluding hydrogens is 266 g/mol. The fourth-order valence-electron chi connectivity index (χ4n) is 4.85. The van der Waals surface area contributed by atoms with E-state index in [2.05, 4.69) is 10.2 Å². The molecule has 4 rings (SSSR count). The van der Waals surface area contributed by atoms with Gasteiger partial charge < -0.3 is 16.0 Å². The molecule has 3 amide bonds. The van der Waals surface area contributed by atoms with Crippen LogP contribution in [0.1, 0.15) is 51.4 Å². The Morgan fingerprint density at radius 3 is 2.33 bits per heavy atom. The van der Waals surface area contributed by atoms with Gasteiger partial charge in [0.25, 0.3) is 0 Å². The number of unbranched alkanes of at least 4 members (excludes halogenated alkanes) is 1. The third kappa shape index (κ3) is 3.50. The Bertz CT molecular complexity index is 398. The summed E-state index contributed by atoms with van der Waals surface area (Å²) in [7, 11) is 0. The van der Waals surface area contributed by atoms with E-state index in [-0.39, 0.29) is 0 Å². The fraction of sp³-hybridized carbons (Fsp3) is 0.875. The molecule has 5 heteroatoms. The predicted molar refractivity (Wildman–Crippen MR) is 80.5 cm³/mol. The molecule has 2 atom stereocenters. The van der Waals surface area contributed by atoms with Crippen molar-refractivity contribution in [3.05, 3.63) is 0 Å². The monoisotopic (exact) mass is 293 g/mol. The normalized spacial score (nSPS) is 33.8. The molecule has 2 saturated heterocycles. The molecule has 0 aromatic heterocycles. The first-order chi connectivity index (χ1) is 10.1. The van der Waals surface area contributed by atoms with E-state index in [1.54, 1.807) is 0 Å². The van der Waals surface area contributed by atoms with Crippen molar-refractivity contribution in [3.8, 4) is 0 Å². The Kier molecular flexibility index (Phi) is 4.36. The molecule has 5 nitrogen and oxygen atoms in total. The van der Waals surface area contributed by atoms with Crippen LogP contribution >= 0.6 is 0 Å². The van der Waals surface area contributed by atoms with Crippen molar-refractivity contribution in [1.82, 2.24) is 10.2 Å². The lowest BCUT2D eigenvalue weighted by atomic mass is 9.68. The number of hydrogen-bond acceptors (Lipinski definition) is 2. The summed E-state index contributed by atoms with van der Waals surface area (Å²) in [6, 6.07) is 0.0272. The molecule has 21 heavy (non-hydrogen) atoms. The van der Waals surface area contributed by atoms with Gasteiger partial charge in [0.15, 0.2) is 0 Å². The van der Waals surface area contributed by atoms with Gasteiger partial charge in [0.1, 0.15) is 0 Å². The molecule has 2 heterocycles. The van der Waals surface area contributed by atoms with Crippen LogP contribution in [0.4, 0.5) is 4.79 Å². The highest BCUT2D eigenvalue weighted by Crippen LogP contribution is 2.47. The molecule has 2 unspecified atom stereocenters. The molecule has 0 aromatic carbocycles. The van der Waals surface area contributed by atoms with Crippen LogP contribution in [0, 0.1) is 17.8 Å². The van der Waals surface area contributed by atoms with Crippen LogP contribution in [0.15, 0.2) is 0 Å². The summed E-state index contributed by atoms with van der Waals surface area (Å²) in [6.07, 6.45) is 8.84. The number of primary amides is 1. The van der Waals surface area contributed by atoms with Gasteiger partial charge in [-0.05, 0) is 62.7 Å². The first-order valence-electron chi connectivity index (χ1n) is 8.44. The lowest BCUT2D eigenvalue weighted by Crippen LogP contribution is -2.42. The number of amides is 3. The van der Waals surface area contributed by atoms with E-state index >= 15 is 0 Å². The van der Waals surface area contributed by atoms with E-state index in [0.29, 0.717) is 24.9 Å². The van der Waals surface area contributed by atoms with E-state index in [1.807, 2.05) is 0 Å². The van der Waals surface area contributed by atoms with Crippen LogP contribution in [0.5, 0.6) is 0 Å². The van der Waals surface area contributed by atoms with Gasteiger partial charge >= 0.3 is 6.03 Å². The van der Waals surface area contributed by atoms with E-state index in [0.717, 1.165) is 37.1 Å². The number of rotatable bonds is 5. The zero-order valence-corrected chi connectivity index (χ0v) is 12.7. The number of urea groups is 1. The quantitative estimate of drug-likeness (QED) is 0.759. The van der Waals surface area contributed by atoms with Crippen molar-refractivity contribution in [2.75, 3.05) is 13.1 Å². The summed E-state index contributed by atoms with van der Waals surface area (Å²) in [5, 5.41) is 2.57. The van der Waals surface area contributed by atoms with E-state index < -0.39 is 6.03 Å². The third-order valence-corrected chi connectivity index (χ3v) is 5.54. The maximum absolute atomic E-state index is 12.5. The highest BCUT2D eigenvalue weighted by Gasteiger charge is 2.43. The molecule has 4 aliphatic rings. The first-order valence-corrected chi connectivity index (χ1v) is 8.44. The fourth-order valence-corrected chi connectivity index (χ4v) is 4.85. The van der Waals surface area contributed by atoms with Gasteiger partial charge in [-0.15, -0.1) is 0 Å². The highest BCUT2D eigenvalue weighted by molar-refractivity contribution is 5.76. The number of carbonyl (C=O) groups is 2. The second-order valence-corrected chi connectivity index (χ2v) is 7.22. The summed E-state index contributed by atoms with van der Waals surface area (Å²) in [6.45, 7) is 1.56. The summed E-state index contributed by atoms with van der Waals surface area (Å²) >= 11 is 0. The van der Waals surface area contributed by atoms with Gasteiger partial charge in [0.05, 0.1) is 0 Å². The molecule has 4 bridgehead atoms. The minimum Gasteiger partial charge on any atom is -0.352 e. The molecular formula is C16H27N3O2. The minimum absolute atomic E-state index is 0.326. The number of nitrogens with two attached hydrogens (primary N) is 1. The smallest absolute Gasteiger partial charge is 0.312 e. The SMILES string of the molecule is NC(=O)NCCCCC(=O)N1CC2CC3CC(C2)CC1C3. The molecule has 118 valence electrons. The summed E-state index contributed by atoms with van der Waals surface area (Å²) in [4.78, 5) is 25.3. The van der Waals surface area contributed by atoms with Crippen LogP contribution in [0.25, 0.3) is 0 Å². The number of nitrogens with zero attached hydrogens (tertiary/aromatic N) is 1. The Labute approximate surface area is 126 Å². The van der Waals surface area contributed by atoms with Crippen molar-refractivity contribution in [2.24, 2.45) is 23.5 Å². The van der Waals surface area contributed by atoms with E-state index in [1.165, 1.54) is 32.1 Å². The molecule has 0 spiro atoms. The Morgan fingerprint density at radius 2 is 1.67 bits per heavy atom. The third-order valence-electron chi connectivity index (χ3n) is 5.54. The molecule has 2 aliphatic carbocycles. The minimum atomic E-state index is -0.484. The number of fused-ring (bicyclic) bond motifs is 1. The van der Waals surface area contributed by atoms with E-state index in [4.69, 9.17) is 5.73 Å².